The number of nitrogens with one attached hydrogen (secondary N) is 1. The first kappa shape index (κ1) is 22.1. The van der Waals surface area contributed by atoms with E-state index >= 15 is 0 Å². The standard InChI is InChI=1S/C22H36FN5OS/c1-3-21(20-5-4-8-24-20)28-16-26(14-25-9-11-30-12-10-25)15-27(17-28)18-6-7-22(29-2)19(23)13-18/h6-7,13,20-21,24H,3-5,8-12,14-17H2,1-2H3. The molecule has 30 heavy (non-hydrogen) atoms. The zero-order valence-corrected chi connectivity index (χ0v) is 19.2. The third-order valence-electron chi connectivity index (χ3n) is 6.56. The molecule has 6 nitrogen and oxygen atoms in total. The highest BCUT2D eigenvalue weighted by molar-refractivity contribution is 7.99. The van der Waals surface area contributed by atoms with Gasteiger partial charge in [0.05, 0.1) is 33.8 Å². The van der Waals surface area contributed by atoms with Crippen LogP contribution in [-0.2, 0) is 0 Å². The van der Waals surface area contributed by atoms with Crippen molar-refractivity contribution in [2.45, 2.75) is 38.3 Å². The van der Waals surface area contributed by atoms with Gasteiger partial charge in [0, 0.05) is 48.4 Å². The minimum absolute atomic E-state index is 0.295. The maximum absolute atomic E-state index is 14.4. The Hall–Kier alpha value is -1.06. The maximum Gasteiger partial charge on any atom is 0.167 e. The molecule has 0 saturated carbocycles. The van der Waals surface area contributed by atoms with E-state index in [0.717, 1.165) is 58.4 Å². The van der Waals surface area contributed by atoms with E-state index in [1.165, 1.54) is 31.5 Å². The lowest BCUT2D eigenvalue weighted by Crippen LogP contribution is -2.62. The molecule has 168 valence electrons. The smallest absolute Gasteiger partial charge is 0.167 e. The summed E-state index contributed by atoms with van der Waals surface area (Å²) in [6.07, 6.45) is 3.63. The van der Waals surface area contributed by atoms with E-state index in [-0.39, 0.29) is 5.82 Å². The molecular weight excluding hydrogens is 401 g/mol. The highest BCUT2D eigenvalue weighted by atomic mass is 32.2. The van der Waals surface area contributed by atoms with Crippen molar-refractivity contribution in [3.8, 4) is 5.75 Å². The summed E-state index contributed by atoms with van der Waals surface area (Å²) in [5, 5.41) is 3.71. The molecule has 0 amide bonds. The Morgan fingerprint density at radius 2 is 2.03 bits per heavy atom. The summed E-state index contributed by atoms with van der Waals surface area (Å²) in [6.45, 7) is 9.31. The molecule has 3 saturated heterocycles. The van der Waals surface area contributed by atoms with Gasteiger partial charge in [-0.3, -0.25) is 14.7 Å². The van der Waals surface area contributed by atoms with Crippen LogP contribution in [0.4, 0.5) is 10.1 Å². The van der Waals surface area contributed by atoms with Crippen LogP contribution in [0.1, 0.15) is 26.2 Å². The van der Waals surface area contributed by atoms with Crippen LogP contribution in [0.5, 0.6) is 5.75 Å². The molecule has 0 spiro atoms. The Labute approximate surface area is 184 Å². The SMILES string of the molecule is CCC(C1CCCN1)N1CN(CN2CCSCC2)CN(c2ccc(OC)c(F)c2)C1. The summed E-state index contributed by atoms with van der Waals surface area (Å²) in [5.74, 6) is 2.44. The average Bonchev–Trinajstić information content (AvgIpc) is 3.29. The minimum Gasteiger partial charge on any atom is -0.494 e. The highest BCUT2D eigenvalue weighted by Gasteiger charge is 2.34. The second kappa shape index (κ2) is 10.5. The van der Waals surface area contributed by atoms with Crippen LogP contribution in [0.3, 0.4) is 0 Å². The Kier molecular flexibility index (Phi) is 7.75. The minimum atomic E-state index is -0.295. The third kappa shape index (κ3) is 5.22. The topological polar surface area (TPSA) is 34.2 Å². The van der Waals surface area contributed by atoms with Gasteiger partial charge in [-0.15, -0.1) is 0 Å². The van der Waals surface area contributed by atoms with Crippen LogP contribution in [0, 0.1) is 5.82 Å². The van der Waals surface area contributed by atoms with Crippen LogP contribution in [0.2, 0.25) is 0 Å². The van der Waals surface area contributed by atoms with Crippen molar-refractivity contribution in [1.82, 2.24) is 20.0 Å². The molecule has 3 heterocycles. The molecule has 1 N–H and O–H groups in total. The second-order valence-electron chi connectivity index (χ2n) is 8.59. The molecule has 0 aromatic heterocycles. The first-order valence-corrected chi connectivity index (χ1v) is 12.4. The van der Waals surface area contributed by atoms with Gasteiger partial charge in [0.15, 0.2) is 11.6 Å². The van der Waals surface area contributed by atoms with Gasteiger partial charge in [0.2, 0.25) is 0 Å². The summed E-state index contributed by atoms with van der Waals surface area (Å²) >= 11 is 2.05. The normalized spacial score (nSPS) is 25.6. The predicted octanol–water partition coefficient (Wildman–Crippen LogP) is 2.67. The van der Waals surface area contributed by atoms with Crippen LogP contribution < -0.4 is 15.0 Å². The van der Waals surface area contributed by atoms with Gasteiger partial charge in [0.25, 0.3) is 0 Å². The molecule has 4 rings (SSSR count). The summed E-state index contributed by atoms with van der Waals surface area (Å²) in [4.78, 5) is 9.97. The lowest BCUT2D eigenvalue weighted by Gasteiger charge is -2.48. The van der Waals surface area contributed by atoms with Gasteiger partial charge in [-0.2, -0.15) is 11.8 Å². The number of benzene rings is 1. The van der Waals surface area contributed by atoms with Gasteiger partial charge < -0.3 is 15.0 Å². The Morgan fingerprint density at radius 1 is 1.20 bits per heavy atom. The fourth-order valence-corrected chi connectivity index (χ4v) is 6.01. The largest absolute Gasteiger partial charge is 0.494 e. The molecule has 2 unspecified atom stereocenters. The molecule has 2 atom stereocenters. The number of methoxy groups -OCH3 is 1. The monoisotopic (exact) mass is 437 g/mol. The van der Waals surface area contributed by atoms with Crippen molar-refractivity contribution in [3.63, 3.8) is 0 Å². The number of rotatable bonds is 7. The van der Waals surface area contributed by atoms with E-state index in [2.05, 4.69) is 31.8 Å². The number of anilines is 1. The Bertz CT molecular complexity index is 683. The van der Waals surface area contributed by atoms with Crippen LogP contribution in [-0.4, -0.2) is 91.7 Å². The van der Waals surface area contributed by atoms with Crippen molar-refractivity contribution in [2.75, 3.05) is 69.8 Å². The molecular formula is C22H36FN5OS. The fourth-order valence-electron chi connectivity index (χ4n) is 5.03. The van der Waals surface area contributed by atoms with Crippen LogP contribution in [0.15, 0.2) is 18.2 Å². The van der Waals surface area contributed by atoms with E-state index < -0.39 is 0 Å². The average molecular weight is 438 g/mol. The molecule has 0 radical (unpaired) electrons. The number of halogens is 1. The van der Waals surface area contributed by atoms with E-state index in [1.807, 2.05) is 17.8 Å². The molecule has 0 aliphatic carbocycles. The molecule has 1 aromatic rings. The summed E-state index contributed by atoms with van der Waals surface area (Å²) < 4.78 is 19.6. The molecule has 3 aliphatic rings. The van der Waals surface area contributed by atoms with Gasteiger partial charge in [-0.1, -0.05) is 6.92 Å². The van der Waals surface area contributed by atoms with Crippen LogP contribution >= 0.6 is 11.8 Å². The molecule has 3 aliphatic heterocycles. The zero-order valence-electron chi connectivity index (χ0n) is 18.4. The number of thioether (sulfide) groups is 1. The number of hydrogen-bond acceptors (Lipinski definition) is 7. The number of nitrogens with zero attached hydrogens (tertiary/aromatic N) is 4. The van der Waals surface area contributed by atoms with Crippen LogP contribution in [0.25, 0.3) is 0 Å². The number of ether oxygens (including phenoxy) is 1. The zero-order chi connectivity index (χ0) is 20.9. The van der Waals surface area contributed by atoms with E-state index in [0.29, 0.717) is 17.8 Å². The lowest BCUT2D eigenvalue weighted by atomic mass is 10.0. The first-order valence-electron chi connectivity index (χ1n) is 11.3. The summed E-state index contributed by atoms with van der Waals surface area (Å²) in [7, 11) is 1.51. The third-order valence-corrected chi connectivity index (χ3v) is 7.50. The predicted molar refractivity (Wildman–Crippen MR) is 123 cm³/mol. The van der Waals surface area contributed by atoms with Crippen molar-refractivity contribution in [1.29, 1.82) is 0 Å². The quantitative estimate of drug-likeness (QED) is 0.702. The van der Waals surface area contributed by atoms with E-state index in [4.69, 9.17) is 4.74 Å². The fraction of sp³-hybridized carbons (Fsp3) is 0.727. The van der Waals surface area contributed by atoms with Crippen molar-refractivity contribution in [3.05, 3.63) is 24.0 Å². The molecule has 8 heteroatoms. The molecule has 1 aromatic carbocycles. The summed E-state index contributed by atoms with van der Waals surface area (Å²) in [5.41, 5.74) is 0.923. The molecule has 0 bridgehead atoms. The number of hydrogen-bond donors (Lipinski definition) is 1. The summed E-state index contributed by atoms with van der Waals surface area (Å²) in [6, 6.07) is 6.39. The van der Waals surface area contributed by atoms with E-state index in [1.54, 1.807) is 12.1 Å². The van der Waals surface area contributed by atoms with Gasteiger partial charge in [-0.25, -0.2) is 4.39 Å². The second-order valence-corrected chi connectivity index (χ2v) is 9.82. The Morgan fingerprint density at radius 3 is 2.70 bits per heavy atom. The Balaban J connectivity index is 1.52. The van der Waals surface area contributed by atoms with E-state index in [9.17, 15) is 4.39 Å². The van der Waals surface area contributed by atoms with Crippen molar-refractivity contribution >= 4 is 17.4 Å². The lowest BCUT2D eigenvalue weighted by molar-refractivity contribution is 0.00994. The molecule has 3 fully saturated rings. The maximum atomic E-state index is 14.4. The highest BCUT2D eigenvalue weighted by Crippen LogP contribution is 2.28. The van der Waals surface area contributed by atoms with Gasteiger partial charge >= 0.3 is 0 Å². The van der Waals surface area contributed by atoms with Crippen molar-refractivity contribution < 1.29 is 9.13 Å². The first-order chi connectivity index (χ1) is 14.7. The van der Waals surface area contributed by atoms with Gasteiger partial charge in [0.1, 0.15) is 0 Å². The van der Waals surface area contributed by atoms with Gasteiger partial charge in [-0.05, 0) is 37.9 Å². The van der Waals surface area contributed by atoms with Crippen molar-refractivity contribution in [2.24, 2.45) is 0 Å².